The SMILES string of the molecule is CCn1c(SCC(=O)c2cc(C)n(C(C)COC)c2C)nc2sc(C)c(C)c2c1=O. The lowest BCUT2D eigenvalue weighted by Gasteiger charge is -2.17. The summed E-state index contributed by atoms with van der Waals surface area (Å²) in [6.07, 6.45) is 0. The van der Waals surface area contributed by atoms with Crippen LogP contribution in [0.5, 0.6) is 0 Å². The van der Waals surface area contributed by atoms with E-state index in [4.69, 9.17) is 9.72 Å². The minimum atomic E-state index is -0.0223. The zero-order valence-electron chi connectivity index (χ0n) is 18.7. The van der Waals surface area contributed by atoms with Crippen LogP contribution in [-0.2, 0) is 11.3 Å². The van der Waals surface area contributed by atoms with E-state index in [1.165, 1.54) is 23.1 Å². The van der Waals surface area contributed by atoms with E-state index in [1.807, 2.05) is 40.7 Å². The van der Waals surface area contributed by atoms with Crippen molar-refractivity contribution >= 4 is 39.1 Å². The molecule has 0 bridgehead atoms. The highest BCUT2D eigenvalue weighted by Gasteiger charge is 2.21. The van der Waals surface area contributed by atoms with E-state index in [-0.39, 0.29) is 23.1 Å². The number of carbonyl (C=O) groups is 1. The molecular formula is C22H29N3O3S2. The van der Waals surface area contributed by atoms with E-state index in [0.29, 0.717) is 23.7 Å². The Labute approximate surface area is 185 Å². The summed E-state index contributed by atoms with van der Waals surface area (Å²) in [4.78, 5) is 32.6. The smallest absolute Gasteiger partial charge is 0.263 e. The van der Waals surface area contributed by atoms with Gasteiger partial charge in [-0.1, -0.05) is 11.8 Å². The van der Waals surface area contributed by atoms with Crippen LogP contribution in [0.3, 0.4) is 0 Å². The molecule has 1 unspecified atom stereocenters. The predicted molar refractivity (Wildman–Crippen MR) is 125 cm³/mol. The molecule has 0 aliphatic heterocycles. The van der Waals surface area contributed by atoms with Crippen molar-refractivity contribution in [1.82, 2.24) is 14.1 Å². The molecule has 0 saturated carbocycles. The first-order chi connectivity index (χ1) is 14.2. The lowest BCUT2D eigenvalue weighted by Crippen LogP contribution is -2.22. The number of aryl methyl sites for hydroxylation is 3. The van der Waals surface area contributed by atoms with Crippen LogP contribution in [0.15, 0.2) is 16.0 Å². The van der Waals surface area contributed by atoms with Crippen LogP contribution in [0.25, 0.3) is 10.2 Å². The van der Waals surface area contributed by atoms with Crippen LogP contribution >= 0.6 is 23.1 Å². The quantitative estimate of drug-likeness (QED) is 0.285. The molecule has 0 aliphatic carbocycles. The summed E-state index contributed by atoms with van der Waals surface area (Å²) in [5.74, 6) is 0.282. The van der Waals surface area contributed by atoms with Crippen LogP contribution in [0.4, 0.5) is 0 Å². The molecule has 3 rings (SSSR count). The molecule has 6 nitrogen and oxygen atoms in total. The van der Waals surface area contributed by atoms with Gasteiger partial charge in [0, 0.05) is 35.5 Å². The fourth-order valence-corrected chi connectivity index (χ4v) is 5.98. The zero-order chi connectivity index (χ0) is 22.2. The molecule has 162 valence electrons. The number of rotatable bonds is 8. The minimum absolute atomic E-state index is 0.0223. The summed E-state index contributed by atoms with van der Waals surface area (Å²) in [6, 6.07) is 2.10. The highest BCUT2D eigenvalue weighted by molar-refractivity contribution is 7.99. The second-order valence-corrected chi connectivity index (χ2v) is 9.72. The standard InChI is InChI=1S/C22H29N3O3S2/c1-8-24-21(27)19-14(4)16(6)30-20(19)23-22(24)29-11-18(26)17-9-12(2)25(15(17)5)13(3)10-28-7/h9,13H,8,10-11H2,1-7H3. The van der Waals surface area contributed by atoms with E-state index in [1.54, 1.807) is 11.7 Å². The number of ether oxygens (including phenoxy) is 1. The predicted octanol–water partition coefficient (Wildman–Crippen LogP) is 4.70. The Bertz CT molecular complexity index is 1160. The lowest BCUT2D eigenvalue weighted by molar-refractivity contribution is 0.102. The van der Waals surface area contributed by atoms with E-state index in [2.05, 4.69) is 11.5 Å². The molecule has 0 spiro atoms. The molecular weight excluding hydrogens is 418 g/mol. The number of hydrogen-bond donors (Lipinski definition) is 0. The van der Waals surface area contributed by atoms with Crippen molar-refractivity contribution in [2.75, 3.05) is 19.5 Å². The Kier molecular flexibility index (Phi) is 6.89. The topological polar surface area (TPSA) is 66.1 Å². The number of thiophene rings is 1. The molecule has 1 atom stereocenters. The number of ketones is 1. The monoisotopic (exact) mass is 447 g/mol. The van der Waals surface area contributed by atoms with E-state index < -0.39 is 0 Å². The molecule has 8 heteroatoms. The van der Waals surface area contributed by atoms with Crippen LogP contribution in [0, 0.1) is 27.7 Å². The molecule has 0 amide bonds. The van der Waals surface area contributed by atoms with Gasteiger partial charge in [-0.15, -0.1) is 11.3 Å². The Morgan fingerprint density at radius 1 is 1.30 bits per heavy atom. The summed E-state index contributed by atoms with van der Waals surface area (Å²) < 4.78 is 9.09. The normalized spacial score (nSPS) is 12.6. The maximum atomic E-state index is 13.0. The summed E-state index contributed by atoms with van der Waals surface area (Å²) in [6.45, 7) is 13.1. The second-order valence-electron chi connectivity index (χ2n) is 7.58. The number of thioether (sulfide) groups is 1. The van der Waals surface area contributed by atoms with Crippen LogP contribution in [-0.4, -0.2) is 39.4 Å². The molecule has 3 aromatic heterocycles. The van der Waals surface area contributed by atoms with Crippen LogP contribution < -0.4 is 5.56 Å². The van der Waals surface area contributed by atoms with Gasteiger partial charge in [-0.2, -0.15) is 0 Å². The fraction of sp³-hybridized carbons (Fsp3) is 0.500. The highest BCUT2D eigenvalue weighted by atomic mass is 32.2. The molecule has 3 aromatic rings. The second kappa shape index (κ2) is 9.08. The van der Waals surface area contributed by atoms with Gasteiger partial charge in [0.05, 0.1) is 23.8 Å². The lowest BCUT2D eigenvalue weighted by atomic mass is 10.2. The number of fused-ring (bicyclic) bond motifs is 1. The molecule has 0 radical (unpaired) electrons. The Hall–Kier alpha value is -1.90. The largest absolute Gasteiger partial charge is 0.383 e. The van der Waals surface area contributed by atoms with Gasteiger partial charge in [-0.25, -0.2) is 4.98 Å². The minimum Gasteiger partial charge on any atom is -0.383 e. The van der Waals surface area contributed by atoms with Crippen molar-refractivity contribution in [2.24, 2.45) is 0 Å². The van der Waals surface area contributed by atoms with E-state index in [9.17, 15) is 9.59 Å². The fourth-order valence-electron chi connectivity index (χ4n) is 3.96. The summed E-state index contributed by atoms with van der Waals surface area (Å²) in [5, 5.41) is 1.30. The van der Waals surface area contributed by atoms with Crippen molar-refractivity contribution < 1.29 is 9.53 Å². The first-order valence-electron chi connectivity index (χ1n) is 10.0. The first kappa shape index (κ1) is 22.8. The van der Waals surface area contributed by atoms with E-state index in [0.717, 1.165) is 32.2 Å². The number of methoxy groups -OCH3 is 1. The van der Waals surface area contributed by atoms with E-state index >= 15 is 0 Å². The van der Waals surface area contributed by atoms with Gasteiger partial charge < -0.3 is 9.30 Å². The van der Waals surface area contributed by atoms with Gasteiger partial charge in [0.25, 0.3) is 5.56 Å². The van der Waals surface area contributed by atoms with Crippen molar-refractivity contribution in [2.45, 2.75) is 59.3 Å². The van der Waals surface area contributed by atoms with Gasteiger partial charge in [-0.3, -0.25) is 14.2 Å². The average molecular weight is 448 g/mol. The third-order valence-corrected chi connectivity index (χ3v) is 7.61. The molecule has 0 saturated heterocycles. The number of carbonyl (C=O) groups excluding carboxylic acids is 1. The number of Topliss-reactive ketones (excluding diaryl/α,β-unsaturated/α-hetero) is 1. The molecule has 0 fully saturated rings. The van der Waals surface area contributed by atoms with Gasteiger partial charge in [0.1, 0.15) is 4.83 Å². The van der Waals surface area contributed by atoms with Gasteiger partial charge in [0.2, 0.25) is 0 Å². The van der Waals surface area contributed by atoms with Gasteiger partial charge >= 0.3 is 0 Å². The summed E-state index contributed by atoms with van der Waals surface area (Å²) in [5.41, 5.74) is 3.69. The molecule has 30 heavy (non-hydrogen) atoms. The maximum absolute atomic E-state index is 13.0. The van der Waals surface area contributed by atoms with Crippen molar-refractivity contribution in [3.05, 3.63) is 43.8 Å². The molecule has 0 aliphatic rings. The average Bonchev–Trinajstić information content (AvgIpc) is 3.15. The van der Waals surface area contributed by atoms with Crippen LogP contribution in [0.1, 0.15) is 52.1 Å². The maximum Gasteiger partial charge on any atom is 0.263 e. The Morgan fingerprint density at radius 3 is 2.63 bits per heavy atom. The Morgan fingerprint density at radius 2 is 2.00 bits per heavy atom. The van der Waals surface area contributed by atoms with Gasteiger partial charge in [0.15, 0.2) is 10.9 Å². The Balaban J connectivity index is 1.89. The molecule has 0 aromatic carbocycles. The van der Waals surface area contributed by atoms with Crippen molar-refractivity contribution in [1.29, 1.82) is 0 Å². The third-order valence-electron chi connectivity index (χ3n) is 5.54. The highest BCUT2D eigenvalue weighted by Crippen LogP contribution is 2.29. The zero-order valence-corrected chi connectivity index (χ0v) is 20.3. The number of hydrogen-bond acceptors (Lipinski definition) is 6. The summed E-state index contributed by atoms with van der Waals surface area (Å²) in [7, 11) is 1.68. The van der Waals surface area contributed by atoms with Crippen LogP contribution in [0.2, 0.25) is 0 Å². The van der Waals surface area contributed by atoms with Gasteiger partial charge in [-0.05, 0) is 53.2 Å². The summed E-state index contributed by atoms with van der Waals surface area (Å²) >= 11 is 2.87. The molecule has 3 heterocycles. The third kappa shape index (κ3) is 4.00. The first-order valence-corrected chi connectivity index (χ1v) is 11.8. The number of aromatic nitrogens is 3. The van der Waals surface area contributed by atoms with Crippen molar-refractivity contribution in [3.8, 4) is 0 Å². The number of nitrogens with zero attached hydrogens (tertiary/aromatic N) is 3. The molecule has 0 N–H and O–H groups in total. The van der Waals surface area contributed by atoms with Crippen molar-refractivity contribution in [3.63, 3.8) is 0 Å².